The van der Waals surface area contributed by atoms with Crippen molar-refractivity contribution in [2.75, 3.05) is 0 Å². The minimum absolute atomic E-state index is 0.627. The number of rotatable bonds is 2. The highest BCUT2D eigenvalue weighted by atomic mass is 35.5. The second-order valence-electron chi connectivity index (χ2n) is 3.14. The van der Waals surface area contributed by atoms with Crippen LogP contribution in [-0.4, -0.2) is 0 Å². The van der Waals surface area contributed by atoms with Crippen LogP contribution in [-0.2, 0) is 0 Å². The van der Waals surface area contributed by atoms with Crippen molar-refractivity contribution in [3.8, 4) is 0 Å². The Bertz CT molecular complexity index is 491. The third kappa shape index (κ3) is 3.08. The molecule has 2 aromatic rings. The van der Waals surface area contributed by atoms with Crippen LogP contribution in [0.25, 0.3) is 0 Å². The van der Waals surface area contributed by atoms with Crippen molar-refractivity contribution in [1.82, 2.24) is 0 Å². The maximum atomic E-state index is 6.07. The Morgan fingerprint density at radius 1 is 0.812 bits per heavy atom. The Morgan fingerprint density at radius 2 is 1.44 bits per heavy atom. The largest absolute Gasteiger partial charge is 0.0884 e. The van der Waals surface area contributed by atoms with Gasteiger partial charge in [-0.05, 0) is 30.3 Å². The van der Waals surface area contributed by atoms with Gasteiger partial charge in [-0.3, -0.25) is 0 Å². The quantitative estimate of drug-likeness (QED) is 0.673. The molecule has 16 heavy (non-hydrogen) atoms. The van der Waals surface area contributed by atoms with Gasteiger partial charge in [0, 0.05) is 19.8 Å². The van der Waals surface area contributed by atoms with Gasteiger partial charge in [0.15, 0.2) is 0 Å². The molecule has 0 aliphatic rings. The zero-order chi connectivity index (χ0) is 11.5. The van der Waals surface area contributed by atoms with Crippen LogP contribution in [0.5, 0.6) is 0 Å². The summed E-state index contributed by atoms with van der Waals surface area (Å²) in [6.07, 6.45) is 0. The number of benzene rings is 2. The lowest BCUT2D eigenvalue weighted by atomic mass is 10.4. The van der Waals surface area contributed by atoms with E-state index in [0.717, 1.165) is 14.8 Å². The molecule has 0 amide bonds. The highest BCUT2D eigenvalue weighted by Gasteiger charge is 2.03. The van der Waals surface area contributed by atoms with E-state index in [1.807, 2.05) is 36.4 Å². The molecular formula is C12H7Cl3S. The third-order valence-corrected chi connectivity index (χ3v) is 3.83. The van der Waals surface area contributed by atoms with Crippen LogP contribution >= 0.6 is 46.6 Å². The van der Waals surface area contributed by atoms with Crippen LogP contribution in [0.4, 0.5) is 0 Å². The Balaban J connectivity index is 2.30. The van der Waals surface area contributed by atoms with Gasteiger partial charge in [-0.25, -0.2) is 0 Å². The van der Waals surface area contributed by atoms with Gasteiger partial charge in [0.2, 0.25) is 0 Å². The molecular weight excluding hydrogens is 283 g/mol. The Kier molecular flexibility index (Phi) is 4.04. The predicted molar refractivity (Wildman–Crippen MR) is 72.0 cm³/mol. The summed E-state index contributed by atoms with van der Waals surface area (Å²) in [5.41, 5.74) is 0. The normalized spacial score (nSPS) is 10.4. The molecule has 0 bridgehead atoms. The summed E-state index contributed by atoms with van der Waals surface area (Å²) in [4.78, 5) is 1.97. The van der Waals surface area contributed by atoms with Crippen LogP contribution in [0.1, 0.15) is 0 Å². The van der Waals surface area contributed by atoms with Crippen LogP contribution in [0, 0.1) is 0 Å². The van der Waals surface area contributed by atoms with Crippen molar-refractivity contribution >= 4 is 46.6 Å². The molecule has 0 N–H and O–H groups in total. The molecule has 0 radical (unpaired) electrons. The Morgan fingerprint density at radius 3 is 2.06 bits per heavy atom. The first-order valence-electron chi connectivity index (χ1n) is 4.53. The fourth-order valence-electron chi connectivity index (χ4n) is 1.24. The van der Waals surface area contributed by atoms with Gasteiger partial charge in [-0.1, -0.05) is 58.7 Å². The summed E-state index contributed by atoms with van der Waals surface area (Å²) in [6.45, 7) is 0. The van der Waals surface area contributed by atoms with Gasteiger partial charge >= 0.3 is 0 Å². The Hall–Kier alpha value is -0.340. The van der Waals surface area contributed by atoms with Crippen molar-refractivity contribution in [2.45, 2.75) is 9.79 Å². The smallest absolute Gasteiger partial charge is 0.0545 e. The average Bonchev–Trinajstić information content (AvgIpc) is 2.20. The fraction of sp³-hybridized carbons (Fsp3) is 0. The summed E-state index contributed by atoms with van der Waals surface area (Å²) in [5, 5.41) is 1.98. The molecule has 0 saturated heterocycles. The lowest BCUT2D eigenvalue weighted by Crippen LogP contribution is -1.76. The Labute approximate surface area is 114 Å². The van der Waals surface area contributed by atoms with E-state index in [1.54, 1.807) is 17.8 Å². The van der Waals surface area contributed by atoms with Crippen molar-refractivity contribution in [3.05, 3.63) is 57.5 Å². The molecule has 0 aliphatic carbocycles. The molecule has 0 heterocycles. The summed E-state index contributed by atoms with van der Waals surface area (Å²) >= 11 is 19.5. The van der Waals surface area contributed by atoms with Crippen molar-refractivity contribution in [3.63, 3.8) is 0 Å². The summed E-state index contributed by atoms with van der Waals surface area (Å²) < 4.78 is 0. The summed E-state index contributed by atoms with van der Waals surface area (Å²) in [5.74, 6) is 0. The van der Waals surface area contributed by atoms with Crippen LogP contribution < -0.4 is 0 Å². The lowest BCUT2D eigenvalue weighted by Gasteiger charge is -2.04. The minimum atomic E-state index is 0.627. The van der Waals surface area contributed by atoms with E-state index in [4.69, 9.17) is 34.8 Å². The molecule has 0 unspecified atom stereocenters. The zero-order valence-electron chi connectivity index (χ0n) is 8.08. The number of halogens is 3. The molecule has 4 heteroatoms. The molecule has 0 fully saturated rings. The van der Waals surface area contributed by atoms with E-state index in [1.165, 1.54) is 0 Å². The van der Waals surface area contributed by atoms with Gasteiger partial charge in [0.25, 0.3) is 0 Å². The highest BCUT2D eigenvalue weighted by molar-refractivity contribution is 7.99. The third-order valence-electron chi connectivity index (χ3n) is 1.90. The molecule has 0 nitrogen and oxygen atoms in total. The van der Waals surface area contributed by atoms with Crippen LogP contribution in [0.15, 0.2) is 52.3 Å². The fourth-order valence-corrected chi connectivity index (χ4v) is 3.09. The van der Waals surface area contributed by atoms with Crippen molar-refractivity contribution < 1.29 is 0 Å². The molecule has 2 rings (SSSR count). The number of hydrogen-bond donors (Lipinski definition) is 0. The molecule has 0 aromatic heterocycles. The predicted octanol–water partition coefficient (Wildman–Crippen LogP) is 5.80. The van der Waals surface area contributed by atoms with E-state index < -0.39 is 0 Å². The number of hydrogen-bond acceptors (Lipinski definition) is 1. The molecule has 2 aromatic carbocycles. The van der Waals surface area contributed by atoms with Crippen molar-refractivity contribution in [2.24, 2.45) is 0 Å². The van der Waals surface area contributed by atoms with Crippen LogP contribution in [0.3, 0.4) is 0 Å². The standard InChI is InChI=1S/C12H7Cl3S/c13-8-5-9(14)7-10(6-8)16-12-4-2-1-3-11(12)15/h1-7H. The second kappa shape index (κ2) is 5.33. The first-order chi connectivity index (χ1) is 7.65. The van der Waals surface area contributed by atoms with Gasteiger partial charge in [-0.15, -0.1) is 0 Å². The SMILES string of the molecule is Clc1cc(Cl)cc(Sc2ccccc2Cl)c1. The molecule has 0 saturated carbocycles. The van der Waals surface area contributed by atoms with Gasteiger partial charge in [0.1, 0.15) is 0 Å². The molecule has 82 valence electrons. The van der Waals surface area contributed by atoms with Gasteiger partial charge < -0.3 is 0 Å². The van der Waals surface area contributed by atoms with E-state index in [-0.39, 0.29) is 0 Å². The minimum Gasteiger partial charge on any atom is -0.0884 e. The van der Waals surface area contributed by atoms with Crippen LogP contribution in [0.2, 0.25) is 15.1 Å². The van der Waals surface area contributed by atoms with E-state index >= 15 is 0 Å². The summed E-state index contributed by atoms with van der Waals surface area (Å²) in [7, 11) is 0. The summed E-state index contributed by atoms with van der Waals surface area (Å²) in [6, 6.07) is 13.1. The first-order valence-corrected chi connectivity index (χ1v) is 6.48. The highest BCUT2D eigenvalue weighted by Crippen LogP contribution is 2.35. The first kappa shape index (κ1) is 12.1. The van der Waals surface area contributed by atoms with Gasteiger partial charge in [0.05, 0.1) is 5.02 Å². The van der Waals surface area contributed by atoms with E-state index in [9.17, 15) is 0 Å². The molecule has 0 aliphatic heterocycles. The van der Waals surface area contributed by atoms with Gasteiger partial charge in [-0.2, -0.15) is 0 Å². The van der Waals surface area contributed by atoms with E-state index in [0.29, 0.717) is 10.0 Å². The monoisotopic (exact) mass is 288 g/mol. The maximum Gasteiger partial charge on any atom is 0.0545 e. The zero-order valence-corrected chi connectivity index (χ0v) is 11.2. The average molecular weight is 290 g/mol. The maximum absolute atomic E-state index is 6.07. The topological polar surface area (TPSA) is 0 Å². The molecule has 0 atom stereocenters. The lowest BCUT2D eigenvalue weighted by molar-refractivity contribution is 1.41. The van der Waals surface area contributed by atoms with Crippen molar-refractivity contribution in [1.29, 1.82) is 0 Å². The molecule has 0 spiro atoms. The van der Waals surface area contributed by atoms with E-state index in [2.05, 4.69) is 0 Å². The second-order valence-corrected chi connectivity index (χ2v) is 5.53.